The van der Waals surface area contributed by atoms with E-state index >= 15 is 0 Å². The number of anilines is 2. The van der Waals surface area contributed by atoms with Crippen LogP contribution in [-0.4, -0.2) is 11.7 Å². The molecule has 0 saturated heterocycles. The van der Waals surface area contributed by atoms with Gasteiger partial charge < -0.3 is 5.32 Å². The monoisotopic (exact) mass is 436 g/mol. The average molecular weight is 437 g/mol. The molecule has 0 saturated carbocycles. The topological polar surface area (TPSA) is 49.4 Å². The van der Waals surface area contributed by atoms with Gasteiger partial charge in [-0.1, -0.05) is 79.2 Å². The van der Waals surface area contributed by atoms with Crippen LogP contribution in [0.3, 0.4) is 0 Å². The number of carbonyl (C=O) groups is 2. The summed E-state index contributed by atoms with van der Waals surface area (Å²) in [5, 5.41) is 3.58. The van der Waals surface area contributed by atoms with Crippen molar-refractivity contribution in [2.45, 2.75) is 45.1 Å². The first-order chi connectivity index (χ1) is 16.1. The molecule has 1 amide bonds. The first-order valence-corrected chi connectivity index (χ1v) is 11.6. The molecule has 0 fully saturated rings. The Labute approximate surface area is 194 Å². The van der Waals surface area contributed by atoms with Crippen molar-refractivity contribution in [3.63, 3.8) is 0 Å². The summed E-state index contributed by atoms with van der Waals surface area (Å²) in [6.07, 6.45) is 1.54. The maximum absolute atomic E-state index is 13.8. The zero-order valence-corrected chi connectivity index (χ0v) is 19.0. The van der Waals surface area contributed by atoms with E-state index in [0.717, 1.165) is 34.6 Å². The number of hydrogen-bond donors (Lipinski definition) is 1. The van der Waals surface area contributed by atoms with Crippen molar-refractivity contribution in [1.29, 1.82) is 0 Å². The Bertz CT molecular complexity index is 1230. The van der Waals surface area contributed by atoms with Crippen LogP contribution >= 0.6 is 0 Å². The number of aryl methyl sites for hydroxylation is 1. The van der Waals surface area contributed by atoms with E-state index < -0.39 is 6.04 Å². The molecular formula is C29H28N2O2. The van der Waals surface area contributed by atoms with Crippen molar-refractivity contribution in [2.75, 3.05) is 10.2 Å². The standard InChI is InChI=1S/C29H28N2O2/c1-3-27(33)31-25-12-8-7-11-23(25)30-24-17-22(20-9-5-4-6-10-20)18-26(32)28(24)29(31)21-15-13-19(2)14-16-21/h4-16,22,29-30H,3,17-18H2,1-2H3/t22-,29+/m0/s1. The van der Waals surface area contributed by atoms with Crippen LogP contribution in [0.4, 0.5) is 11.4 Å². The molecule has 0 spiro atoms. The fraction of sp³-hybridized carbons (Fsp3) is 0.241. The van der Waals surface area contributed by atoms with E-state index in [1.54, 1.807) is 0 Å². The third kappa shape index (κ3) is 3.86. The highest BCUT2D eigenvalue weighted by Gasteiger charge is 2.41. The van der Waals surface area contributed by atoms with Gasteiger partial charge in [-0.25, -0.2) is 0 Å². The number of fused-ring (bicyclic) bond motifs is 1. The molecule has 1 N–H and O–H groups in total. The molecule has 5 rings (SSSR count). The number of ketones is 1. The lowest BCUT2D eigenvalue weighted by molar-refractivity contribution is -0.119. The highest BCUT2D eigenvalue weighted by atomic mass is 16.2. The smallest absolute Gasteiger partial charge is 0.227 e. The van der Waals surface area contributed by atoms with E-state index in [4.69, 9.17) is 0 Å². The summed E-state index contributed by atoms with van der Waals surface area (Å²) in [6.45, 7) is 3.92. The molecule has 4 nitrogen and oxygen atoms in total. The molecule has 166 valence electrons. The Morgan fingerprint density at radius 1 is 0.909 bits per heavy atom. The summed E-state index contributed by atoms with van der Waals surface area (Å²) in [5.41, 5.74) is 6.59. The van der Waals surface area contributed by atoms with Crippen LogP contribution < -0.4 is 10.2 Å². The minimum absolute atomic E-state index is 0.00144. The quantitative estimate of drug-likeness (QED) is 0.524. The van der Waals surface area contributed by atoms with Crippen molar-refractivity contribution in [2.24, 2.45) is 0 Å². The lowest BCUT2D eigenvalue weighted by atomic mass is 9.78. The van der Waals surface area contributed by atoms with Gasteiger partial charge in [0.05, 0.1) is 17.4 Å². The van der Waals surface area contributed by atoms with E-state index in [9.17, 15) is 9.59 Å². The maximum atomic E-state index is 13.8. The number of benzene rings is 3. The molecule has 4 heteroatoms. The van der Waals surface area contributed by atoms with Gasteiger partial charge in [-0.3, -0.25) is 14.5 Å². The van der Waals surface area contributed by atoms with Gasteiger partial charge in [0.15, 0.2) is 5.78 Å². The zero-order valence-electron chi connectivity index (χ0n) is 19.0. The number of amides is 1. The van der Waals surface area contributed by atoms with Crippen LogP contribution in [0.1, 0.15) is 54.8 Å². The molecule has 0 radical (unpaired) electrons. The summed E-state index contributed by atoms with van der Waals surface area (Å²) >= 11 is 0. The number of Topliss-reactive ketones (excluding diaryl/α,β-unsaturated/α-hetero) is 1. The molecule has 1 aliphatic carbocycles. The lowest BCUT2D eigenvalue weighted by Crippen LogP contribution is -2.38. The van der Waals surface area contributed by atoms with Gasteiger partial charge in [0.25, 0.3) is 0 Å². The molecule has 0 aromatic heterocycles. The molecule has 33 heavy (non-hydrogen) atoms. The number of rotatable bonds is 3. The first-order valence-electron chi connectivity index (χ1n) is 11.6. The van der Waals surface area contributed by atoms with Gasteiger partial charge in [-0.2, -0.15) is 0 Å². The fourth-order valence-corrected chi connectivity index (χ4v) is 5.06. The predicted molar refractivity (Wildman–Crippen MR) is 132 cm³/mol. The molecule has 3 aromatic carbocycles. The highest BCUT2D eigenvalue weighted by molar-refractivity contribution is 6.06. The minimum atomic E-state index is -0.451. The highest BCUT2D eigenvalue weighted by Crippen LogP contribution is 2.47. The number of nitrogens with one attached hydrogen (secondary N) is 1. The van der Waals surface area contributed by atoms with Crippen molar-refractivity contribution in [3.05, 3.63) is 107 Å². The third-order valence-corrected chi connectivity index (χ3v) is 6.72. The van der Waals surface area contributed by atoms with Crippen LogP contribution in [0.15, 0.2) is 90.1 Å². The summed E-state index contributed by atoms with van der Waals surface area (Å²) in [6, 6.07) is 25.9. The van der Waals surface area contributed by atoms with E-state index in [1.165, 1.54) is 5.56 Å². The van der Waals surface area contributed by atoms with E-state index in [1.807, 2.05) is 73.3 Å². The summed E-state index contributed by atoms with van der Waals surface area (Å²) in [7, 11) is 0. The number of allylic oxidation sites excluding steroid dienone is 1. The minimum Gasteiger partial charge on any atom is -0.357 e. The molecule has 1 aliphatic heterocycles. The molecule has 1 heterocycles. The molecule has 0 unspecified atom stereocenters. The SMILES string of the molecule is CCC(=O)N1c2ccccc2NC2=C(C(=O)C[C@@H](c3ccccc3)C2)[C@H]1c1ccc(C)cc1. The van der Waals surface area contributed by atoms with E-state index in [2.05, 4.69) is 29.6 Å². The largest absolute Gasteiger partial charge is 0.357 e. The average Bonchev–Trinajstić information content (AvgIpc) is 2.99. The molecule has 2 aliphatic rings. The van der Waals surface area contributed by atoms with E-state index in [0.29, 0.717) is 18.4 Å². The Morgan fingerprint density at radius 2 is 1.61 bits per heavy atom. The number of hydrogen-bond acceptors (Lipinski definition) is 3. The van der Waals surface area contributed by atoms with Crippen LogP contribution in [-0.2, 0) is 9.59 Å². The first kappa shape index (κ1) is 21.2. The van der Waals surface area contributed by atoms with Crippen molar-refractivity contribution in [1.82, 2.24) is 0 Å². The van der Waals surface area contributed by atoms with Crippen LogP contribution in [0.5, 0.6) is 0 Å². The van der Waals surface area contributed by atoms with E-state index in [-0.39, 0.29) is 17.6 Å². The predicted octanol–water partition coefficient (Wildman–Crippen LogP) is 6.31. The number of nitrogens with zero attached hydrogens (tertiary/aromatic N) is 1. The van der Waals surface area contributed by atoms with Crippen molar-refractivity contribution >= 4 is 23.1 Å². The second kappa shape index (κ2) is 8.70. The molecular weight excluding hydrogens is 408 g/mol. The van der Waals surface area contributed by atoms with Crippen LogP contribution in [0.25, 0.3) is 0 Å². The normalized spacial score (nSPS) is 19.9. The van der Waals surface area contributed by atoms with Gasteiger partial charge in [-0.05, 0) is 42.5 Å². The molecule has 0 bridgehead atoms. The van der Waals surface area contributed by atoms with Crippen LogP contribution in [0, 0.1) is 6.92 Å². The fourth-order valence-electron chi connectivity index (χ4n) is 5.06. The van der Waals surface area contributed by atoms with Gasteiger partial charge >= 0.3 is 0 Å². The lowest BCUT2D eigenvalue weighted by Gasteiger charge is -2.35. The Morgan fingerprint density at radius 3 is 2.33 bits per heavy atom. The second-order valence-corrected chi connectivity index (χ2v) is 8.90. The number of carbonyl (C=O) groups excluding carboxylic acids is 2. The second-order valence-electron chi connectivity index (χ2n) is 8.90. The van der Waals surface area contributed by atoms with Gasteiger partial charge in [0, 0.05) is 24.1 Å². The third-order valence-electron chi connectivity index (χ3n) is 6.72. The summed E-state index contributed by atoms with van der Waals surface area (Å²) in [5.74, 6) is 0.218. The summed E-state index contributed by atoms with van der Waals surface area (Å²) < 4.78 is 0. The Hall–Kier alpha value is -3.66. The number of para-hydroxylation sites is 2. The van der Waals surface area contributed by atoms with Gasteiger partial charge in [0.2, 0.25) is 5.91 Å². The zero-order chi connectivity index (χ0) is 22.9. The van der Waals surface area contributed by atoms with Gasteiger partial charge in [-0.15, -0.1) is 0 Å². The maximum Gasteiger partial charge on any atom is 0.227 e. The van der Waals surface area contributed by atoms with Gasteiger partial charge in [0.1, 0.15) is 0 Å². The van der Waals surface area contributed by atoms with Crippen molar-refractivity contribution in [3.8, 4) is 0 Å². The Balaban J connectivity index is 1.71. The summed E-state index contributed by atoms with van der Waals surface area (Å²) in [4.78, 5) is 29.0. The Kier molecular flexibility index (Phi) is 5.59. The van der Waals surface area contributed by atoms with Crippen LogP contribution in [0.2, 0.25) is 0 Å². The molecule has 3 aromatic rings. The van der Waals surface area contributed by atoms with Crippen molar-refractivity contribution < 1.29 is 9.59 Å². The molecule has 2 atom stereocenters.